The number of nitrogens with zero attached hydrogens (tertiary/aromatic N) is 1. The van der Waals surface area contributed by atoms with E-state index in [-0.39, 0.29) is 5.91 Å². The Morgan fingerprint density at radius 2 is 2.16 bits per heavy atom. The molecule has 4 heteroatoms. The van der Waals surface area contributed by atoms with Crippen molar-refractivity contribution in [2.75, 3.05) is 13.7 Å². The monoisotopic (exact) mass is 325 g/mol. The fraction of sp³-hybridized carbons (Fsp3) is 0.533. The molecule has 3 nitrogen and oxygen atoms in total. The Hall–Kier alpha value is -1.03. The number of hydrogen-bond donors (Lipinski definition) is 0. The first kappa shape index (κ1) is 14.4. The van der Waals surface area contributed by atoms with Gasteiger partial charge in [-0.05, 0) is 59.8 Å². The lowest BCUT2D eigenvalue weighted by Gasteiger charge is -2.36. The largest absolute Gasteiger partial charge is 0.496 e. The maximum absolute atomic E-state index is 12.5. The van der Waals surface area contributed by atoms with Crippen LogP contribution in [0.1, 0.15) is 37.0 Å². The Morgan fingerprint density at radius 3 is 2.74 bits per heavy atom. The summed E-state index contributed by atoms with van der Waals surface area (Å²) < 4.78 is 6.01. The molecular formula is C15H20BrNO2. The summed E-state index contributed by atoms with van der Waals surface area (Å²) in [6.07, 6.45) is 2.18. The minimum atomic E-state index is 0.114. The molecule has 1 amide bonds. The van der Waals surface area contributed by atoms with Crippen molar-refractivity contribution >= 4 is 21.8 Å². The minimum Gasteiger partial charge on any atom is -0.496 e. The summed E-state index contributed by atoms with van der Waals surface area (Å²) in [6, 6.07) is 5.81. The van der Waals surface area contributed by atoms with Crippen molar-refractivity contribution in [3.63, 3.8) is 0 Å². The van der Waals surface area contributed by atoms with E-state index < -0.39 is 0 Å². The zero-order valence-electron chi connectivity index (χ0n) is 11.6. The van der Waals surface area contributed by atoms with Crippen LogP contribution in [0.2, 0.25) is 0 Å². The van der Waals surface area contributed by atoms with E-state index in [0.29, 0.717) is 17.5 Å². The summed E-state index contributed by atoms with van der Waals surface area (Å²) in [7, 11) is 1.62. The molecule has 2 rings (SSSR count). The van der Waals surface area contributed by atoms with Crippen molar-refractivity contribution in [2.24, 2.45) is 5.92 Å². The molecule has 1 aromatic rings. The molecule has 1 aliphatic heterocycles. The second-order valence-electron chi connectivity index (χ2n) is 5.33. The van der Waals surface area contributed by atoms with Crippen LogP contribution in [-0.2, 0) is 0 Å². The number of rotatable bonds is 2. The summed E-state index contributed by atoms with van der Waals surface area (Å²) in [4.78, 5) is 14.5. The Bertz CT molecular complexity index is 475. The fourth-order valence-electron chi connectivity index (χ4n) is 2.67. The number of likely N-dealkylation sites (tertiary alicyclic amines) is 1. The van der Waals surface area contributed by atoms with Crippen LogP contribution in [0.25, 0.3) is 0 Å². The molecule has 0 N–H and O–H groups in total. The van der Waals surface area contributed by atoms with E-state index in [4.69, 9.17) is 4.74 Å². The zero-order valence-corrected chi connectivity index (χ0v) is 13.2. The Balaban J connectivity index is 2.17. The lowest BCUT2D eigenvalue weighted by atomic mass is 9.93. The maximum Gasteiger partial charge on any atom is 0.254 e. The normalized spacial score (nSPS) is 23.3. The third-order valence-corrected chi connectivity index (χ3v) is 4.42. The van der Waals surface area contributed by atoms with Crippen molar-refractivity contribution < 1.29 is 9.53 Å². The van der Waals surface area contributed by atoms with Crippen molar-refractivity contribution in [2.45, 2.75) is 32.7 Å². The molecule has 0 radical (unpaired) electrons. The van der Waals surface area contributed by atoms with Crippen LogP contribution < -0.4 is 4.74 Å². The molecule has 1 fully saturated rings. The molecule has 0 aromatic heterocycles. The number of piperidine rings is 1. The van der Waals surface area contributed by atoms with Crippen molar-refractivity contribution in [3.8, 4) is 5.75 Å². The molecule has 1 saturated heterocycles. The topological polar surface area (TPSA) is 29.5 Å². The molecule has 104 valence electrons. The van der Waals surface area contributed by atoms with E-state index in [2.05, 4.69) is 29.8 Å². The first-order valence-electron chi connectivity index (χ1n) is 6.67. The Labute approximate surface area is 123 Å². The molecule has 0 aliphatic carbocycles. The van der Waals surface area contributed by atoms with Crippen LogP contribution in [-0.4, -0.2) is 30.5 Å². The molecule has 19 heavy (non-hydrogen) atoms. The first-order valence-corrected chi connectivity index (χ1v) is 7.46. The average Bonchev–Trinajstić information content (AvgIpc) is 2.38. The molecule has 1 aliphatic rings. The highest BCUT2D eigenvalue weighted by molar-refractivity contribution is 9.10. The third-order valence-electron chi connectivity index (χ3n) is 3.80. The van der Waals surface area contributed by atoms with Crippen LogP contribution in [0.4, 0.5) is 0 Å². The number of halogens is 1. The van der Waals surface area contributed by atoms with Crippen molar-refractivity contribution in [3.05, 3.63) is 28.2 Å². The first-order chi connectivity index (χ1) is 9.02. The average molecular weight is 326 g/mol. The second kappa shape index (κ2) is 5.95. The SMILES string of the molecule is COc1ccc(C(=O)N2CCC(C)CC2C)cc1Br. The predicted molar refractivity (Wildman–Crippen MR) is 79.6 cm³/mol. The van der Waals surface area contributed by atoms with Crippen LogP contribution in [0.5, 0.6) is 5.75 Å². The van der Waals surface area contributed by atoms with Gasteiger partial charge in [0.2, 0.25) is 0 Å². The quantitative estimate of drug-likeness (QED) is 0.829. The van der Waals surface area contributed by atoms with E-state index in [0.717, 1.165) is 29.6 Å². The molecule has 0 saturated carbocycles. The van der Waals surface area contributed by atoms with Crippen LogP contribution in [0.3, 0.4) is 0 Å². The highest BCUT2D eigenvalue weighted by atomic mass is 79.9. The van der Waals surface area contributed by atoms with Gasteiger partial charge in [-0.2, -0.15) is 0 Å². The van der Waals surface area contributed by atoms with E-state index in [1.54, 1.807) is 7.11 Å². The van der Waals surface area contributed by atoms with Gasteiger partial charge in [0.15, 0.2) is 0 Å². The number of carbonyl (C=O) groups is 1. The lowest BCUT2D eigenvalue weighted by molar-refractivity contribution is 0.0588. The van der Waals surface area contributed by atoms with E-state index in [1.165, 1.54) is 0 Å². The number of carbonyl (C=O) groups excluding carboxylic acids is 1. The zero-order chi connectivity index (χ0) is 14.0. The number of ether oxygens (including phenoxy) is 1. The molecule has 1 aromatic carbocycles. The number of methoxy groups -OCH3 is 1. The maximum atomic E-state index is 12.5. The van der Waals surface area contributed by atoms with Gasteiger partial charge < -0.3 is 9.64 Å². The molecular weight excluding hydrogens is 306 g/mol. The number of benzene rings is 1. The van der Waals surface area contributed by atoms with Gasteiger partial charge in [0.05, 0.1) is 11.6 Å². The van der Waals surface area contributed by atoms with E-state index in [9.17, 15) is 4.79 Å². The van der Waals surface area contributed by atoms with Crippen molar-refractivity contribution in [1.29, 1.82) is 0 Å². The Morgan fingerprint density at radius 1 is 1.42 bits per heavy atom. The highest BCUT2D eigenvalue weighted by Gasteiger charge is 2.27. The van der Waals surface area contributed by atoms with Gasteiger partial charge in [-0.1, -0.05) is 6.92 Å². The fourth-order valence-corrected chi connectivity index (χ4v) is 3.21. The van der Waals surface area contributed by atoms with E-state index >= 15 is 0 Å². The predicted octanol–water partition coefficient (Wildman–Crippen LogP) is 3.72. The second-order valence-corrected chi connectivity index (χ2v) is 6.18. The summed E-state index contributed by atoms with van der Waals surface area (Å²) >= 11 is 3.43. The lowest BCUT2D eigenvalue weighted by Crippen LogP contribution is -2.44. The Kier molecular flexibility index (Phi) is 4.50. The minimum absolute atomic E-state index is 0.114. The molecule has 0 spiro atoms. The van der Waals surface area contributed by atoms with Crippen LogP contribution in [0, 0.1) is 5.92 Å². The van der Waals surface area contributed by atoms with Gasteiger partial charge in [0.1, 0.15) is 5.75 Å². The number of amides is 1. The highest BCUT2D eigenvalue weighted by Crippen LogP contribution is 2.28. The van der Waals surface area contributed by atoms with Crippen LogP contribution >= 0.6 is 15.9 Å². The van der Waals surface area contributed by atoms with Crippen LogP contribution in [0.15, 0.2) is 22.7 Å². The summed E-state index contributed by atoms with van der Waals surface area (Å²) in [5.41, 5.74) is 0.717. The molecule has 2 atom stereocenters. The standard InChI is InChI=1S/C15H20BrNO2/c1-10-6-7-17(11(2)8-10)15(18)12-4-5-14(19-3)13(16)9-12/h4-5,9-11H,6-8H2,1-3H3. The van der Waals surface area contributed by atoms with E-state index in [1.807, 2.05) is 23.1 Å². The number of hydrogen-bond acceptors (Lipinski definition) is 2. The molecule has 1 heterocycles. The summed E-state index contributed by atoms with van der Waals surface area (Å²) in [6.45, 7) is 5.24. The third kappa shape index (κ3) is 3.11. The molecule has 2 unspecified atom stereocenters. The summed E-state index contributed by atoms with van der Waals surface area (Å²) in [5, 5.41) is 0. The smallest absolute Gasteiger partial charge is 0.254 e. The van der Waals surface area contributed by atoms with Gasteiger partial charge in [-0.15, -0.1) is 0 Å². The van der Waals surface area contributed by atoms with Gasteiger partial charge in [-0.25, -0.2) is 0 Å². The van der Waals surface area contributed by atoms with Gasteiger partial charge >= 0.3 is 0 Å². The molecule has 0 bridgehead atoms. The van der Waals surface area contributed by atoms with Gasteiger partial charge in [0.25, 0.3) is 5.91 Å². The van der Waals surface area contributed by atoms with Gasteiger partial charge in [0, 0.05) is 18.2 Å². The van der Waals surface area contributed by atoms with Gasteiger partial charge in [-0.3, -0.25) is 4.79 Å². The summed E-state index contributed by atoms with van der Waals surface area (Å²) in [5.74, 6) is 1.57. The van der Waals surface area contributed by atoms with Crippen molar-refractivity contribution in [1.82, 2.24) is 4.90 Å².